The van der Waals surface area contributed by atoms with E-state index >= 15 is 0 Å². The van der Waals surface area contributed by atoms with Crippen LogP contribution < -0.4 is 5.32 Å². The first-order chi connectivity index (χ1) is 10.4. The summed E-state index contributed by atoms with van der Waals surface area (Å²) in [5.41, 5.74) is 0.257. The normalized spacial score (nSPS) is 11.8. The topological polar surface area (TPSA) is 47.9 Å². The fourth-order valence-electron chi connectivity index (χ4n) is 2.10. The van der Waals surface area contributed by atoms with Crippen LogP contribution in [0.4, 0.5) is 4.39 Å². The van der Waals surface area contributed by atoms with Crippen molar-refractivity contribution in [1.82, 2.24) is 10.2 Å². The summed E-state index contributed by atoms with van der Waals surface area (Å²) < 4.78 is 13.0. The minimum atomic E-state index is -0.753. The molecule has 0 amide bonds. The van der Waals surface area contributed by atoms with Gasteiger partial charge in [-0.15, -0.1) is 24.0 Å². The number of guanidine groups is 1. The van der Waals surface area contributed by atoms with Crippen molar-refractivity contribution in [1.29, 1.82) is 0 Å². The maximum Gasteiger partial charge on any atom is 0.194 e. The van der Waals surface area contributed by atoms with Gasteiger partial charge in [-0.2, -0.15) is 0 Å². The van der Waals surface area contributed by atoms with Gasteiger partial charge in [0.2, 0.25) is 0 Å². The molecular weight excluding hydrogens is 408 g/mol. The zero-order chi connectivity index (χ0) is 16.6. The molecule has 0 aromatic heterocycles. The van der Waals surface area contributed by atoms with Gasteiger partial charge in [0.15, 0.2) is 5.96 Å². The number of halogens is 2. The van der Waals surface area contributed by atoms with Crippen LogP contribution >= 0.6 is 24.0 Å². The van der Waals surface area contributed by atoms with E-state index in [0.717, 1.165) is 18.1 Å². The molecule has 0 aliphatic rings. The Balaban J connectivity index is 0.00000484. The minimum absolute atomic E-state index is 0. The molecule has 6 heteroatoms. The zero-order valence-electron chi connectivity index (χ0n) is 14.5. The average Bonchev–Trinajstić information content (AvgIpc) is 2.53. The van der Waals surface area contributed by atoms with Gasteiger partial charge in [0.1, 0.15) is 5.82 Å². The van der Waals surface area contributed by atoms with Crippen molar-refractivity contribution in [3.8, 4) is 0 Å². The first kappa shape index (κ1) is 22.1. The predicted octanol–water partition coefficient (Wildman–Crippen LogP) is 3.39. The Morgan fingerprint density at radius 1 is 1.22 bits per heavy atom. The third-order valence-corrected chi connectivity index (χ3v) is 3.87. The number of hydrogen-bond acceptors (Lipinski definition) is 2. The van der Waals surface area contributed by atoms with Gasteiger partial charge >= 0.3 is 0 Å². The van der Waals surface area contributed by atoms with Gasteiger partial charge in [-0.25, -0.2) is 4.39 Å². The van der Waals surface area contributed by atoms with Gasteiger partial charge in [-0.3, -0.25) is 4.99 Å². The minimum Gasteiger partial charge on any atom is -0.388 e. The van der Waals surface area contributed by atoms with Crippen LogP contribution in [0.25, 0.3) is 0 Å². The number of hydrogen-bond donors (Lipinski definition) is 2. The van der Waals surface area contributed by atoms with E-state index in [1.54, 1.807) is 12.1 Å². The number of rotatable bonds is 7. The van der Waals surface area contributed by atoms with Gasteiger partial charge < -0.3 is 15.3 Å². The Kier molecular flexibility index (Phi) is 10.4. The van der Waals surface area contributed by atoms with E-state index in [1.807, 2.05) is 32.7 Å². The van der Waals surface area contributed by atoms with Crippen molar-refractivity contribution >= 4 is 29.9 Å². The molecule has 23 heavy (non-hydrogen) atoms. The van der Waals surface area contributed by atoms with Gasteiger partial charge in [0, 0.05) is 20.1 Å². The van der Waals surface area contributed by atoms with Crippen LogP contribution in [0.3, 0.4) is 0 Å². The van der Waals surface area contributed by atoms with Crippen molar-refractivity contribution in [3.63, 3.8) is 0 Å². The molecular formula is C17H29FIN3O. The van der Waals surface area contributed by atoms with Crippen LogP contribution in [0.2, 0.25) is 0 Å². The molecule has 1 rings (SSSR count). The maximum atomic E-state index is 13.0. The molecule has 0 atom stereocenters. The second-order valence-electron chi connectivity index (χ2n) is 5.58. The average molecular weight is 437 g/mol. The third kappa shape index (κ3) is 7.48. The highest BCUT2D eigenvalue weighted by Crippen LogP contribution is 2.15. The van der Waals surface area contributed by atoms with Crippen molar-refractivity contribution < 1.29 is 9.50 Å². The van der Waals surface area contributed by atoms with E-state index in [2.05, 4.69) is 10.3 Å². The Hall–Kier alpha value is -0.890. The van der Waals surface area contributed by atoms with Crippen molar-refractivity contribution in [2.45, 2.75) is 45.8 Å². The van der Waals surface area contributed by atoms with Gasteiger partial charge in [0.05, 0.1) is 12.1 Å². The molecule has 0 heterocycles. The first-order valence-corrected chi connectivity index (χ1v) is 7.90. The van der Waals surface area contributed by atoms with Gasteiger partial charge in [-0.05, 0) is 37.5 Å². The molecule has 0 spiro atoms. The summed E-state index contributed by atoms with van der Waals surface area (Å²) in [6.07, 6.45) is 1.35. The number of nitrogens with one attached hydrogen (secondary N) is 1. The Morgan fingerprint density at radius 2 is 1.78 bits per heavy atom. The van der Waals surface area contributed by atoms with E-state index in [9.17, 15) is 9.50 Å². The molecule has 0 fully saturated rings. The second kappa shape index (κ2) is 10.8. The molecule has 1 aromatic carbocycles. The number of nitrogens with zero attached hydrogens (tertiary/aromatic N) is 2. The summed E-state index contributed by atoms with van der Waals surface area (Å²) >= 11 is 0. The lowest BCUT2D eigenvalue weighted by atomic mass is 9.98. The highest BCUT2D eigenvalue weighted by molar-refractivity contribution is 14.0. The molecule has 0 bridgehead atoms. The molecule has 132 valence electrons. The lowest BCUT2D eigenvalue weighted by molar-refractivity contribution is 0.0416. The van der Waals surface area contributed by atoms with Crippen molar-refractivity contribution in [2.75, 3.05) is 20.1 Å². The third-order valence-electron chi connectivity index (χ3n) is 3.87. The molecule has 0 aliphatic carbocycles. The summed E-state index contributed by atoms with van der Waals surface area (Å²) in [5, 5.41) is 13.6. The molecule has 1 aromatic rings. The first-order valence-electron chi connectivity index (χ1n) is 7.90. The highest BCUT2D eigenvalue weighted by atomic mass is 127. The summed E-state index contributed by atoms with van der Waals surface area (Å²) in [4.78, 5) is 6.52. The smallest absolute Gasteiger partial charge is 0.194 e. The number of aliphatic hydroxyl groups is 1. The van der Waals surface area contributed by atoms with Crippen molar-refractivity contribution in [3.05, 3.63) is 35.6 Å². The fourth-order valence-corrected chi connectivity index (χ4v) is 2.10. The number of benzene rings is 1. The molecule has 4 nitrogen and oxygen atoms in total. The molecule has 0 aliphatic heterocycles. The van der Waals surface area contributed by atoms with Crippen LogP contribution in [0.5, 0.6) is 0 Å². The van der Waals surface area contributed by atoms with E-state index in [4.69, 9.17) is 0 Å². The predicted molar refractivity (Wildman–Crippen MR) is 105 cm³/mol. The van der Waals surface area contributed by atoms with E-state index in [0.29, 0.717) is 25.9 Å². The van der Waals surface area contributed by atoms with E-state index < -0.39 is 5.60 Å². The molecule has 2 N–H and O–H groups in total. The summed E-state index contributed by atoms with van der Waals surface area (Å²) in [5.74, 6) is 0.509. The lowest BCUT2D eigenvalue weighted by Crippen LogP contribution is -2.40. The molecule has 0 radical (unpaired) electrons. The fraction of sp³-hybridized carbons (Fsp3) is 0.588. The van der Waals surface area contributed by atoms with Crippen LogP contribution in [0, 0.1) is 5.82 Å². The summed E-state index contributed by atoms with van der Waals surface area (Å²) in [7, 11) is 1.93. The largest absolute Gasteiger partial charge is 0.388 e. The van der Waals surface area contributed by atoms with Gasteiger partial charge in [0.25, 0.3) is 0 Å². The van der Waals surface area contributed by atoms with E-state index in [1.165, 1.54) is 12.1 Å². The Bertz CT molecular complexity index is 475. The van der Waals surface area contributed by atoms with Crippen LogP contribution in [0.1, 0.15) is 39.2 Å². The van der Waals surface area contributed by atoms with Crippen molar-refractivity contribution in [2.24, 2.45) is 4.99 Å². The SMILES string of the molecule is CCNC(=NCC(O)(CC)CC)N(C)Cc1ccc(F)cc1.I. The molecule has 0 saturated carbocycles. The quantitative estimate of drug-likeness (QED) is 0.391. The molecule has 0 saturated heterocycles. The standard InChI is InChI=1S/C17H28FN3O.HI/c1-5-17(22,6-2)13-20-16(19-7-3)21(4)12-14-8-10-15(18)11-9-14;/h8-11,22H,5-7,12-13H2,1-4H3,(H,19,20);1H. The van der Waals surface area contributed by atoms with Crippen LogP contribution in [0.15, 0.2) is 29.3 Å². The highest BCUT2D eigenvalue weighted by Gasteiger charge is 2.22. The second-order valence-corrected chi connectivity index (χ2v) is 5.58. The van der Waals surface area contributed by atoms with Crippen LogP contribution in [-0.4, -0.2) is 41.7 Å². The number of aliphatic imine (C=N–C) groups is 1. The Labute approximate surface area is 156 Å². The van der Waals surface area contributed by atoms with Crippen LogP contribution in [-0.2, 0) is 6.54 Å². The Morgan fingerprint density at radius 3 is 2.26 bits per heavy atom. The van der Waals surface area contributed by atoms with E-state index in [-0.39, 0.29) is 29.8 Å². The summed E-state index contributed by atoms with van der Waals surface area (Å²) in [6, 6.07) is 6.45. The summed E-state index contributed by atoms with van der Waals surface area (Å²) in [6.45, 7) is 7.69. The monoisotopic (exact) mass is 437 g/mol. The van der Waals surface area contributed by atoms with Gasteiger partial charge in [-0.1, -0.05) is 26.0 Å². The maximum absolute atomic E-state index is 13.0. The molecule has 0 unspecified atom stereocenters. The zero-order valence-corrected chi connectivity index (χ0v) is 16.8. The lowest BCUT2D eigenvalue weighted by Gasteiger charge is -2.26.